The highest BCUT2D eigenvalue weighted by atomic mass is 16.5. The maximum atomic E-state index is 11.3. The van der Waals surface area contributed by atoms with Gasteiger partial charge in [-0.15, -0.1) is 0 Å². The highest BCUT2D eigenvalue weighted by Gasteiger charge is 2.09. The molecule has 0 saturated heterocycles. The van der Waals surface area contributed by atoms with Crippen LogP contribution in [0, 0.1) is 5.92 Å². The number of methoxy groups -OCH3 is 1. The summed E-state index contributed by atoms with van der Waals surface area (Å²) in [7, 11) is 1.39. The average molecular weight is 200 g/mol. The number of carbonyl (C=O) groups is 1. The van der Waals surface area contributed by atoms with Crippen LogP contribution in [0.3, 0.4) is 0 Å². The maximum absolute atomic E-state index is 11.3. The van der Waals surface area contributed by atoms with E-state index in [1.165, 1.54) is 7.11 Å². The molecular weight excluding hydrogens is 180 g/mol. The largest absolute Gasteiger partial charge is 0.466 e. The van der Waals surface area contributed by atoms with Crippen LogP contribution in [-0.4, -0.2) is 26.3 Å². The molecule has 82 valence electrons. The molecule has 0 amide bonds. The first-order valence-electron chi connectivity index (χ1n) is 4.96. The van der Waals surface area contributed by atoms with Gasteiger partial charge in [-0.05, 0) is 19.3 Å². The molecule has 3 nitrogen and oxygen atoms in total. The molecule has 0 spiro atoms. The first-order chi connectivity index (χ1) is 6.61. The van der Waals surface area contributed by atoms with Crippen molar-refractivity contribution in [2.75, 3.05) is 20.3 Å². The Hall–Kier alpha value is -0.830. The van der Waals surface area contributed by atoms with E-state index in [4.69, 9.17) is 4.74 Å². The second-order valence-corrected chi connectivity index (χ2v) is 3.49. The Labute approximate surface area is 86.1 Å². The van der Waals surface area contributed by atoms with E-state index in [-0.39, 0.29) is 5.97 Å². The summed E-state index contributed by atoms with van der Waals surface area (Å²) in [5.41, 5.74) is 0.614. The zero-order chi connectivity index (χ0) is 11.0. The van der Waals surface area contributed by atoms with Crippen LogP contribution in [0.25, 0.3) is 0 Å². The lowest BCUT2D eigenvalue weighted by Gasteiger charge is -2.06. The van der Waals surface area contributed by atoms with Crippen LogP contribution in [0.15, 0.2) is 11.6 Å². The normalized spacial score (nSPS) is 11.9. The van der Waals surface area contributed by atoms with E-state index < -0.39 is 0 Å². The van der Waals surface area contributed by atoms with Gasteiger partial charge in [-0.3, -0.25) is 0 Å². The number of allylic oxidation sites excluding steroid dienone is 1. The highest BCUT2D eigenvalue weighted by Crippen LogP contribution is 2.06. The molecule has 0 bridgehead atoms. The lowest BCUT2D eigenvalue weighted by Crippen LogP contribution is -2.11. The lowest BCUT2D eigenvalue weighted by atomic mass is 10.1. The van der Waals surface area contributed by atoms with Crippen molar-refractivity contribution < 1.29 is 14.3 Å². The first kappa shape index (κ1) is 13.2. The molecule has 0 atom stereocenters. The van der Waals surface area contributed by atoms with Crippen molar-refractivity contribution in [2.24, 2.45) is 5.92 Å². The van der Waals surface area contributed by atoms with Gasteiger partial charge < -0.3 is 9.47 Å². The van der Waals surface area contributed by atoms with Crippen molar-refractivity contribution in [2.45, 2.75) is 27.2 Å². The Morgan fingerprint density at radius 2 is 2.07 bits per heavy atom. The van der Waals surface area contributed by atoms with E-state index in [1.54, 1.807) is 0 Å². The van der Waals surface area contributed by atoms with Gasteiger partial charge in [-0.2, -0.15) is 0 Å². The Morgan fingerprint density at radius 3 is 2.50 bits per heavy atom. The van der Waals surface area contributed by atoms with Crippen molar-refractivity contribution in [3.8, 4) is 0 Å². The molecule has 0 aliphatic carbocycles. The fourth-order valence-electron chi connectivity index (χ4n) is 0.922. The fourth-order valence-corrected chi connectivity index (χ4v) is 0.922. The predicted octanol–water partition coefficient (Wildman–Crippen LogP) is 2.17. The molecule has 0 aromatic rings. The van der Waals surface area contributed by atoms with Crippen LogP contribution in [-0.2, 0) is 14.3 Å². The summed E-state index contributed by atoms with van der Waals surface area (Å²) in [6, 6.07) is 0. The molecule has 0 N–H and O–H groups in total. The van der Waals surface area contributed by atoms with Gasteiger partial charge in [0.15, 0.2) is 0 Å². The van der Waals surface area contributed by atoms with E-state index in [1.807, 2.05) is 13.0 Å². The SMILES string of the molecule is CCOC/C(=C\CC(C)C)C(=O)OC. The minimum Gasteiger partial charge on any atom is -0.466 e. The lowest BCUT2D eigenvalue weighted by molar-refractivity contribution is -0.136. The molecule has 3 heteroatoms. The third-order valence-corrected chi connectivity index (χ3v) is 1.74. The molecule has 0 saturated carbocycles. The Bertz CT molecular complexity index is 195. The molecule has 0 aromatic carbocycles. The Morgan fingerprint density at radius 1 is 1.43 bits per heavy atom. The molecule has 0 aliphatic rings. The van der Waals surface area contributed by atoms with E-state index >= 15 is 0 Å². The molecule has 0 rings (SSSR count). The summed E-state index contributed by atoms with van der Waals surface area (Å²) in [5, 5.41) is 0. The van der Waals surface area contributed by atoms with Gasteiger partial charge in [0.1, 0.15) is 0 Å². The van der Waals surface area contributed by atoms with E-state index in [0.717, 1.165) is 6.42 Å². The molecule has 0 aromatic heterocycles. The Balaban J connectivity index is 4.22. The topological polar surface area (TPSA) is 35.5 Å². The summed E-state index contributed by atoms with van der Waals surface area (Å²) >= 11 is 0. The van der Waals surface area contributed by atoms with Crippen molar-refractivity contribution in [1.82, 2.24) is 0 Å². The number of esters is 1. The van der Waals surface area contributed by atoms with Crippen molar-refractivity contribution in [3.63, 3.8) is 0 Å². The van der Waals surface area contributed by atoms with Crippen LogP contribution >= 0.6 is 0 Å². The third kappa shape index (κ3) is 5.75. The van der Waals surface area contributed by atoms with Gasteiger partial charge in [0, 0.05) is 6.61 Å². The van der Waals surface area contributed by atoms with Gasteiger partial charge in [0.2, 0.25) is 0 Å². The van der Waals surface area contributed by atoms with Gasteiger partial charge in [-0.25, -0.2) is 4.79 Å². The van der Waals surface area contributed by atoms with Crippen LogP contribution in [0.5, 0.6) is 0 Å². The summed E-state index contributed by atoms with van der Waals surface area (Å²) in [6.45, 7) is 7.06. The molecule has 0 fully saturated rings. The van der Waals surface area contributed by atoms with Crippen LogP contribution < -0.4 is 0 Å². The van der Waals surface area contributed by atoms with E-state index in [9.17, 15) is 4.79 Å². The summed E-state index contributed by atoms with van der Waals surface area (Å²) < 4.78 is 9.84. The highest BCUT2D eigenvalue weighted by molar-refractivity contribution is 5.88. The van der Waals surface area contributed by atoms with Crippen LogP contribution in [0.1, 0.15) is 27.2 Å². The summed E-state index contributed by atoms with van der Waals surface area (Å²) in [4.78, 5) is 11.3. The molecular formula is C11H20O3. The predicted molar refractivity (Wildman–Crippen MR) is 56.0 cm³/mol. The number of rotatable bonds is 6. The van der Waals surface area contributed by atoms with Crippen molar-refractivity contribution >= 4 is 5.97 Å². The second-order valence-electron chi connectivity index (χ2n) is 3.49. The number of hydrogen-bond acceptors (Lipinski definition) is 3. The minimum atomic E-state index is -0.292. The summed E-state index contributed by atoms with van der Waals surface area (Å²) in [5.74, 6) is 0.246. The maximum Gasteiger partial charge on any atom is 0.335 e. The monoisotopic (exact) mass is 200 g/mol. The van der Waals surface area contributed by atoms with Crippen LogP contribution in [0.2, 0.25) is 0 Å². The number of hydrogen-bond donors (Lipinski definition) is 0. The molecule has 14 heavy (non-hydrogen) atoms. The molecule has 0 unspecified atom stereocenters. The zero-order valence-corrected chi connectivity index (χ0v) is 9.50. The van der Waals surface area contributed by atoms with Crippen molar-refractivity contribution in [3.05, 3.63) is 11.6 Å². The molecule has 0 heterocycles. The van der Waals surface area contributed by atoms with Gasteiger partial charge in [0.25, 0.3) is 0 Å². The third-order valence-electron chi connectivity index (χ3n) is 1.74. The van der Waals surface area contributed by atoms with Gasteiger partial charge in [0.05, 0.1) is 19.3 Å². The number of ether oxygens (including phenoxy) is 2. The average Bonchev–Trinajstić information content (AvgIpc) is 2.16. The molecule has 0 aliphatic heterocycles. The van der Waals surface area contributed by atoms with Crippen LogP contribution in [0.4, 0.5) is 0 Å². The van der Waals surface area contributed by atoms with Gasteiger partial charge >= 0.3 is 5.97 Å². The van der Waals surface area contributed by atoms with E-state index in [2.05, 4.69) is 18.6 Å². The van der Waals surface area contributed by atoms with Gasteiger partial charge in [-0.1, -0.05) is 19.9 Å². The number of carbonyl (C=O) groups excluding carboxylic acids is 1. The standard InChI is InChI=1S/C11H20O3/c1-5-14-8-10(11(12)13-4)7-6-9(2)3/h7,9H,5-6,8H2,1-4H3/b10-7+. The first-order valence-corrected chi connectivity index (χ1v) is 4.96. The second kappa shape index (κ2) is 7.56. The minimum absolute atomic E-state index is 0.292. The zero-order valence-electron chi connectivity index (χ0n) is 9.50. The molecule has 0 radical (unpaired) electrons. The quantitative estimate of drug-likeness (QED) is 0.487. The van der Waals surface area contributed by atoms with E-state index in [0.29, 0.717) is 24.7 Å². The smallest absolute Gasteiger partial charge is 0.335 e. The Kier molecular flexibility index (Phi) is 7.11. The van der Waals surface area contributed by atoms with Crippen molar-refractivity contribution in [1.29, 1.82) is 0 Å². The summed E-state index contributed by atoms with van der Waals surface area (Å²) in [6.07, 6.45) is 2.77. The fraction of sp³-hybridized carbons (Fsp3) is 0.727.